The number of aliphatic hydroxyl groups is 2. The van der Waals surface area contributed by atoms with E-state index in [-0.39, 0.29) is 19.3 Å². The van der Waals surface area contributed by atoms with Gasteiger partial charge in [0, 0.05) is 26.7 Å². The van der Waals surface area contributed by atoms with Crippen molar-refractivity contribution < 1.29 is 29.2 Å². The molecular formula is C17H24N2O6. The fourth-order valence-electron chi connectivity index (χ4n) is 3.24. The average Bonchev–Trinajstić information content (AvgIpc) is 2.63. The highest BCUT2D eigenvalue weighted by Gasteiger charge is 2.51. The SMILES string of the molecule is COCC1OCC2CN(C(=O)OCc3ccccc3)CCN2C1(O)O. The predicted octanol–water partition coefficient (Wildman–Crippen LogP) is -0.00700. The first-order valence-electron chi connectivity index (χ1n) is 8.30. The number of ether oxygens (including phenoxy) is 3. The topological polar surface area (TPSA) is 91.7 Å². The number of nitrogens with zero attached hydrogens (tertiary/aromatic N) is 2. The Kier molecular flexibility index (Phi) is 5.55. The molecule has 0 spiro atoms. The Morgan fingerprint density at radius 1 is 1.32 bits per heavy atom. The molecule has 0 aromatic heterocycles. The number of carbonyl (C=O) groups is 1. The highest BCUT2D eigenvalue weighted by Crippen LogP contribution is 2.28. The van der Waals surface area contributed by atoms with E-state index in [9.17, 15) is 15.0 Å². The van der Waals surface area contributed by atoms with Gasteiger partial charge in [0.25, 0.3) is 5.91 Å². The maximum Gasteiger partial charge on any atom is 0.410 e. The smallest absolute Gasteiger partial charge is 0.410 e. The van der Waals surface area contributed by atoms with Crippen LogP contribution in [0.25, 0.3) is 0 Å². The molecule has 3 rings (SSSR count). The summed E-state index contributed by atoms with van der Waals surface area (Å²) in [6, 6.07) is 9.16. The summed E-state index contributed by atoms with van der Waals surface area (Å²) in [6.07, 6.45) is -1.26. The molecule has 2 saturated heterocycles. The molecule has 0 bridgehead atoms. The van der Waals surface area contributed by atoms with Crippen LogP contribution in [0.15, 0.2) is 30.3 Å². The highest BCUT2D eigenvalue weighted by molar-refractivity contribution is 5.67. The van der Waals surface area contributed by atoms with Crippen LogP contribution in [0.4, 0.5) is 4.79 Å². The Labute approximate surface area is 146 Å². The van der Waals surface area contributed by atoms with E-state index in [1.54, 1.807) is 9.80 Å². The lowest BCUT2D eigenvalue weighted by Crippen LogP contribution is -2.72. The second-order valence-corrected chi connectivity index (χ2v) is 6.30. The first kappa shape index (κ1) is 18.1. The fourth-order valence-corrected chi connectivity index (χ4v) is 3.24. The third-order valence-corrected chi connectivity index (χ3v) is 4.61. The summed E-state index contributed by atoms with van der Waals surface area (Å²) in [7, 11) is 1.48. The zero-order valence-corrected chi connectivity index (χ0v) is 14.2. The first-order chi connectivity index (χ1) is 12.0. The van der Waals surface area contributed by atoms with Crippen molar-refractivity contribution in [3.8, 4) is 0 Å². The number of fused-ring (bicyclic) bond motifs is 1. The summed E-state index contributed by atoms with van der Waals surface area (Å²) in [5, 5.41) is 20.8. The van der Waals surface area contributed by atoms with Crippen LogP contribution in [0.1, 0.15) is 5.56 Å². The summed E-state index contributed by atoms with van der Waals surface area (Å²) in [5.41, 5.74) is 0.919. The van der Waals surface area contributed by atoms with Gasteiger partial charge in [-0.1, -0.05) is 30.3 Å². The normalized spacial score (nSPS) is 26.1. The van der Waals surface area contributed by atoms with Gasteiger partial charge in [0.05, 0.1) is 19.3 Å². The van der Waals surface area contributed by atoms with Gasteiger partial charge in [-0.05, 0) is 5.56 Å². The van der Waals surface area contributed by atoms with Crippen molar-refractivity contribution in [2.45, 2.75) is 24.7 Å². The van der Waals surface area contributed by atoms with Gasteiger partial charge in [-0.25, -0.2) is 9.69 Å². The van der Waals surface area contributed by atoms with Crippen LogP contribution < -0.4 is 0 Å². The molecular weight excluding hydrogens is 328 g/mol. The van der Waals surface area contributed by atoms with E-state index in [1.807, 2.05) is 30.3 Å². The van der Waals surface area contributed by atoms with Crippen LogP contribution in [0.3, 0.4) is 0 Å². The molecule has 1 amide bonds. The van der Waals surface area contributed by atoms with E-state index in [2.05, 4.69) is 0 Å². The number of hydrogen-bond acceptors (Lipinski definition) is 7. The minimum atomic E-state index is -2.11. The second-order valence-electron chi connectivity index (χ2n) is 6.30. The molecule has 8 nitrogen and oxygen atoms in total. The number of rotatable bonds is 4. The molecule has 2 unspecified atom stereocenters. The van der Waals surface area contributed by atoms with Crippen molar-refractivity contribution in [2.24, 2.45) is 0 Å². The number of methoxy groups -OCH3 is 1. The lowest BCUT2D eigenvalue weighted by atomic mass is 10.1. The number of piperazine rings is 1. The van der Waals surface area contributed by atoms with Crippen molar-refractivity contribution in [3.63, 3.8) is 0 Å². The zero-order valence-electron chi connectivity index (χ0n) is 14.2. The van der Waals surface area contributed by atoms with Crippen LogP contribution >= 0.6 is 0 Å². The molecule has 2 aliphatic rings. The maximum absolute atomic E-state index is 12.3. The molecule has 8 heteroatoms. The van der Waals surface area contributed by atoms with Crippen LogP contribution in [-0.4, -0.2) is 84.1 Å². The van der Waals surface area contributed by atoms with Crippen LogP contribution in [0.5, 0.6) is 0 Å². The Morgan fingerprint density at radius 3 is 2.80 bits per heavy atom. The third-order valence-electron chi connectivity index (χ3n) is 4.61. The van der Waals surface area contributed by atoms with Gasteiger partial charge in [-0.3, -0.25) is 0 Å². The Bertz CT molecular complexity index is 582. The third kappa shape index (κ3) is 3.94. The molecule has 2 N–H and O–H groups in total. The maximum atomic E-state index is 12.3. The lowest BCUT2D eigenvalue weighted by molar-refractivity contribution is -0.366. The van der Waals surface area contributed by atoms with Gasteiger partial charge >= 0.3 is 6.09 Å². The molecule has 0 radical (unpaired) electrons. The predicted molar refractivity (Wildman–Crippen MR) is 87.5 cm³/mol. The van der Waals surface area contributed by atoms with Crippen molar-refractivity contribution in [3.05, 3.63) is 35.9 Å². The monoisotopic (exact) mass is 352 g/mol. The van der Waals surface area contributed by atoms with Crippen LogP contribution in [0.2, 0.25) is 0 Å². The molecule has 138 valence electrons. The minimum absolute atomic E-state index is 0.0824. The van der Waals surface area contributed by atoms with Gasteiger partial charge in [0.15, 0.2) is 0 Å². The Morgan fingerprint density at radius 2 is 2.08 bits per heavy atom. The van der Waals surface area contributed by atoms with Crippen molar-refractivity contribution >= 4 is 6.09 Å². The van der Waals surface area contributed by atoms with Crippen LogP contribution in [0, 0.1) is 0 Å². The molecule has 2 fully saturated rings. The standard InChI is InChI=1S/C17H24N2O6/c1-23-12-15-17(21,22)19-8-7-18(9-14(19)11-24-15)16(20)25-10-13-5-3-2-4-6-13/h2-6,14-15,21-22H,7-12H2,1H3. The van der Waals surface area contributed by atoms with E-state index < -0.39 is 18.1 Å². The molecule has 0 aliphatic carbocycles. The van der Waals surface area contributed by atoms with E-state index in [4.69, 9.17) is 14.2 Å². The highest BCUT2D eigenvalue weighted by atomic mass is 16.6. The summed E-state index contributed by atoms with van der Waals surface area (Å²) in [6.45, 7) is 1.57. The number of hydrogen-bond donors (Lipinski definition) is 2. The number of amides is 1. The second kappa shape index (κ2) is 7.67. The molecule has 2 atom stereocenters. The van der Waals surface area contributed by atoms with Gasteiger partial charge in [-0.2, -0.15) is 0 Å². The number of benzene rings is 1. The van der Waals surface area contributed by atoms with Crippen molar-refractivity contribution in [2.75, 3.05) is 40.0 Å². The van der Waals surface area contributed by atoms with Gasteiger partial charge in [0.1, 0.15) is 12.7 Å². The van der Waals surface area contributed by atoms with Crippen LogP contribution in [-0.2, 0) is 20.8 Å². The fraction of sp³-hybridized carbons (Fsp3) is 0.588. The zero-order chi connectivity index (χ0) is 17.9. The van der Waals surface area contributed by atoms with Gasteiger partial charge in [0.2, 0.25) is 0 Å². The summed E-state index contributed by atoms with van der Waals surface area (Å²) < 4.78 is 15.8. The van der Waals surface area contributed by atoms with Crippen molar-refractivity contribution in [1.29, 1.82) is 0 Å². The van der Waals surface area contributed by atoms with E-state index in [0.717, 1.165) is 5.56 Å². The van der Waals surface area contributed by atoms with Gasteiger partial charge < -0.3 is 29.3 Å². The largest absolute Gasteiger partial charge is 0.445 e. The Hall–Kier alpha value is -1.71. The minimum Gasteiger partial charge on any atom is -0.445 e. The summed E-state index contributed by atoms with van der Waals surface area (Å²) >= 11 is 0. The van der Waals surface area contributed by atoms with E-state index in [0.29, 0.717) is 26.2 Å². The summed E-state index contributed by atoms with van der Waals surface area (Å²) in [4.78, 5) is 15.4. The molecule has 2 aliphatic heterocycles. The first-order valence-corrected chi connectivity index (χ1v) is 8.30. The molecule has 1 aromatic carbocycles. The Balaban J connectivity index is 1.55. The molecule has 0 saturated carbocycles. The average molecular weight is 352 g/mol. The number of morpholine rings is 1. The van der Waals surface area contributed by atoms with E-state index in [1.165, 1.54) is 7.11 Å². The quantitative estimate of drug-likeness (QED) is 0.737. The van der Waals surface area contributed by atoms with Crippen molar-refractivity contribution in [1.82, 2.24) is 9.80 Å². The molecule has 1 aromatic rings. The summed E-state index contributed by atoms with van der Waals surface area (Å²) in [5.74, 6) is -2.11. The van der Waals surface area contributed by atoms with Gasteiger partial charge in [-0.15, -0.1) is 0 Å². The number of carbonyl (C=O) groups excluding carboxylic acids is 1. The lowest BCUT2D eigenvalue weighted by Gasteiger charge is -2.52. The van der Waals surface area contributed by atoms with E-state index >= 15 is 0 Å². The molecule has 2 heterocycles. The molecule has 25 heavy (non-hydrogen) atoms.